The molecule has 0 bridgehead atoms. The van der Waals surface area contributed by atoms with E-state index in [0.29, 0.717) is 36.9 Å². The second kappa shape index (κ2) is 9.82. The average molecular weight is 308 g/mol. The normalized spacial score (nSPS) is 10.1. The van der Waals surface area contributed by atoms with E-state index in [-0.39, 0.29) is 24.6 Å². The Kier molecular flexibility index (Phi) is 8.04. The van der Waals surface area contributed by atoms with E-state index in [1.807, 2.05) is 13.8 Å². The highest BCUT2D eigenvalue weighted by Gasteiger charge is 2.13. The highest BCUT2D eigenvalue weighted by Crippen LogP contribution is 2.29. The van der Waals surface area contributed by atoms with E-state index in [4.69, 9.17) is 14.2 Å². The van der Waals surface area contributed by atoms with Gasteiger partial charge >= 0.3 is 5.97 Å². The topological polar surface area (TPSA) is 61.8 Å². The minimum Gasteiger partial charge on any atom is -0.490 e. The van der Waals surface area contributed by atoms with Gasteiger partial charge in [0.2, 0.25) is 0 Å². The molecule has 5 nitrogen and oxygen atoms in total. The molecule has 0 spiro atoms. The fraction of sp³-hybridized carbons (Fsp3) is 0.529. The Morgan fingerprint density at radius 3 is 2.36 bits per heavy atom. The lowest BCUT2D eigenvalue weighted by Gasteiger charge is -2.12. The molecule has 1 rings (SSSR count). The molecule has 0 aromatic heterocycles. The van der Waals surface area contributed by atoms with Gasteiger partial charge < -0.3 is 14.2 Å². The van der Waals surface area contributed by atoms with E-state index >= 15 is 0 Å². The van der Waals surface area contributed by atoms with E-state index in [1.165, 1.54) is 0 Å². The molecular weight excluding hydrogens is 284 g/mol. The zero-order chi connectivity index (χ0) is 16.4. The first-order chi connectivity index (χ1) is 10.6. The van der Waals surface area contributed by atoms with Crippen molar-refractivity contribution in [2.45, 2.75) is 40.0 Å². The molecule has 1 aromatic carbocycles. The molecule has 5 heteroatoms. The molecule has 0 heterocycles. The molecule has 22 heavy (non-hydrogen) atoms. The van der Waals surface area contributed by atoms with E-state index in [9.17, 15) is 9.59 Å². The molecule has 0 radical (unpaired) electrons. The van der Waals surface area contributed by atoms with Gasteiger partial charge in [0.25, 0.3) is 0 Å². The second-order valence-electron chi connectivity index (χ2n) is 4.67. The minimum absolute atomic E-state index is 0.0883. The summed E-state index contributed by atoms with van der Waals surface area (Å²) in [5.41, 5.74) is 0.513. The summed E-state index contributed by atoms with van der Waals surface area (Å²) in [4.78, 5) is 23.5. The molecular formula is C17H24O5. The predicted molar refractivity (Wildman–Crippen MR) is 83.6 cm³/mol. The van der Waals surface area contributed by atoms with Gasteiger partial charge in [0, 0.05) is 12.0 Å². The molecule has 0 N–H and O–H groups in total. The third-order valence-electron chi connectivity index (χ3n) is 2.89. The Bertz CT molecular complexity index is 496. The van der Waals surface area contributed by atoms with E-state index in [2.05, 4.69) is 0 Å². The van der Waals surface area contributed by atoms with Crippen molar-refractivity contribution in [3.63, 3.8) is 0 Å². The van der Waals surface area contributed by atoms with Crippen LogP contribution in [-0.4, -0.2) is 31.6 Å². The lowest BCUT2D eigenvalue weighted by molar-refractivity contribution is -0.143. The fourth-order valence-electron chi connectivity index (χ4n) is 1.87. The number of Topliss-reactive ketones (excluding diaryl/α,β-unsaturated/α-hetero) is 1. The largest absolute Gasteiger partial charge is 0.490 e. The molecule has 0 saturated heterocycles. The number of esters is 1. The number of ether oxygens (including phenoxy) is 3. The van der Waals surface area contributed by atoms with Crippen molar-refractivity contribution in [1.82, 2.24) is 0 Å². The summed E-state index contributed by atoms with van der Waals surface area (Å²) >= 11 is 0. The Morgan fingerprint density at radius 1 is 0.955 bits per heavy atom. The Hall–Kier alpha value is -2.04. The van der Waals surface area contributed by atoms with Crippen LogP contribution in [0, 0.1) is 0 Å². The number of carbonyl (C=O) groups excluding carboxylic acids is 2. The molecule has 0 fully saturated rings. The summed E-state index contributed by atoms with van der Waals surface area (Å²) in [5, 5.41) is 0. The van der Waals surface area contributed by atoms with Gasteiger partial charge in [-0.25, -0.2) is 0 Å². The Labute approximate surface area is 131 Å². The first-order valence-electron chi connectivity index (χ1n) is 7.70. The van der Waals surface area contributed by atoms with Crippen LogP contribution < -0.4 is 9.47 Å². The number of carbonyl (C=O) groups is 2. The molecule has 0 atom stereocenters. The van der Waals surface area contributed by atoms with Crippen LogP contribution in [0.4, 0.5) is 0 Å². The summed E-state index contributed by atoms with van der Waals surface area (Å²) in [6.07, 6.45) is 1.08. The van der Waals surface area contributed by atoms with Gasteiger partial charge in [0.05, 0.1) is 26.2 Å². The maximum absolute atomic E-state index is 12.1. The van der Waals surface area contributed by atoms with Crippen molar-refractivity contribution in [2.75, 3.05) is 19.8 Å². The monoisotopic (exact) mass is 308 g/mol. The molecule has 0 aliphatic heterocycles. The zero-order valence-electron chi connectivity index (χ0n) is 13.5. The summed E-state index contributed by atoms with van der Waals surface area (Å²) in [7, 11) is 0. The third kappa shape index (κ3) is 5.76. The zero-order valence-corrected chi connectivity index (χ0v) is 13.5. The van der Waals surface area contributed by atoms with E-state index < -0.39 is 0 Å². The van der Waals surface area contributed by atoms with Crippen molar-refractivity contribution in [3.8, 4) is 11.5 Å². The van der Waals surface area contributed by atoms with Crippen molar-refractivity contribution in [3.05, 3.63) is 23.8 Å². The number of ketones is 1. The van der Waals surface area contributed by atoms with Crippen LogP contribution in [0.2, 0.25) is 0 Å². The summed E-state index contributed by atoms with van der Waals surface area (Å²) in [5.74, 6) is 0.713. The standard InChI is InChI=1S/C17H24O5/c1-4-11-22-16-12-13(7-9-15(16)20-5-2)14(18)8-10-17(19)21-6-3/h7,9,12H,4-6,8,10-11H2,1-3H3. The van der Waals surface area contributed by atoms with Crippen LogP contribution in [0.3, 0.4) is 0 Å². The van der Waals surface area contributed by atoms with Gasteiger partial charge in [-0.2, -0.15) is 0 Å². The van der Waals surface area contributed by atoms with Crippen molar-refractivity contribution < 1.29 is 23.8 Å². The van der Waals surface area contributed by atoms with Crippen molar-refractivity contribution in [2.24, 2.45) is 0 Å². The SMILES string of the molecule is CCCOc1cc(C(=O)CCC(=O)OCC)ccc1OCC. The fourth-order valence-corrected chi connectivity index (χ4v) is 1.87. The van der Waals surface area contributed by atoms with Crippen LogP contribution in [0.15, 0.2) is 18.2 Å². The summed E-state index contributed by atoms with van der Waals surface area (Å²) < 4.78 is 15.9. The maximum Gasteiger partial charge on any atom is 0.306 e. The Morgan fingerprint density at radius 2 is 1.73 bits per heavy atom. The predicted octanol–water partition coefficient (Wildman–Crippen LogP) is 3.40. The number of hydrogen-bond donors (Lipinski definition) is 0. The van der Waals surface area contributed by atoms with Gasteiger partial charge in [-0.3, -0.25) is 9.59 Å². The first kappa shape index (κ1) is 18.0. The minimum atomic E-state index is -0.357. The quantitative estimate of drug-likeness (QED) is 0.489. The molecule has 0 aliphatic rings. The van der Waals surface area contributed by atoms with Crippen LogP contribution >= 0.6 is 0 Å². The highest BCUT2D eigenvalue weighted by molar-refractivity contribution is 5.98. The molecule has 0 saturated carbocycles. The van der Waals surface area contributed by atoms with E-state index in [0.717, 1.165) is 6.42 Å². The van der Waals surface area contributed by atoms with Crippen LogP contribution in [0.25, 0.3) is 0 Å². The van der Waals surface area contributed by atoms with Gasteiger partial charge in [0.1, 0.15) is 0 Å². The van der Waals surface area contributed by atoms with Gasteiger partial charge in [-0.05, 0) is 38.5 Å². The second-order valence-corrected chi connectivity index (χ2v) is 4.67. The highest BCUT2D eigenvalue weighted by atomic mass is 16.5. The number of benzene rings is 1. The van der Waals surface area contributed by atoms with Crippen LogP contribution in [0.5, 0.6) is 11.5 Å². The van der Waals surface area contributed by atoms with E-state index in [1.54, 1.807) is 25.1 Å². The maximum atomic E-state index is 12.1. The van der Waals surface area contributed by atoms with Gasteiger partial charge in [0.15, 0.2) is 17.3 Å². The van der Waals surface area contributed by atoms with Gasteiger partial charge in [-0.1, -0.05) is 6.92 Å². The Balaban J connectivity index is 2.76. The van der Waals surface area contributed by atoms with Crippen molar-refractivity contribution in [1.29, 1.82) is 0 Å². The van der Waals surface area contributed by atoms with Crippen LogP contribution in [0.1, 0.15) is 50.4 Å². The molecule has 0 unspecified atom stereocenters. The molecule has 0 aliphatic carbocycles. The average Bonchev–Trinajstić information content (AvgIpc) is 2.52. The smallest absolute Gasteiger partial charge is 0.306 e. The number of rotatable bonds is 10. The lowest BCUT2D eigenvalue weighted by atomic mass is 10.1. The summed E-state index contributed by atoms with van der Waals surface area (Å²) in [6.45, 7) is 7.05. The third-order valence-corrected chi connectivity index (χ3v) is 2.89. The molecule has 122 valence electrons. The van der Waals surface area contributed by atoms with Crippen LogP contribution in [-0.2, 0) is 9.53 Å². The first-order valence-corrected chi connectivity index (χ1v) is 7.70. The lowest BCUT2D eigenvalue weighted by Crippen LogP contribution is -2.08. The summed E-state index contributed by atoms with van der Waals surface area (Å²) in [6, 6.07) is 5.09. The number of hydrogen-bond acceptors (Lipinski definition) is 5. The van der Waals surface area contributed by atoms with Gasteiger partial charge in [-0.15, -0.1) is 0 Å². The molecule has 1 aromatic rings. The van der Waals surface area contributed by atoms with Crippen molar-refractivity contribution >= 4 is 11.8 Å². The molecule has 0 amide bonds.